The first-order chi connectivity index (χ1) is 8.18. The lowest BCUT2D eigenvalue weighted by Crippen LogP contribution is -2.19. The molecule has 0 atom stereocenters. The molecule has 0 saturated heterocycles. The summed E-state index contributed by atoms with van der Waals surface area (Å²) in [4.78, 5) is 11.6. The van der Waals surface area contributed by atoms with Crippen LogP contribution in [-0.2, 0) is 0 Å². The number of aromatic nitrogens is 2. The maximum Gasteiger partial charge on any atom is 0.284 e. The topological polar surface area (TPSA) is 44.1 Å². The Hall–Kier alpha value is -1.52. The van der Waals surface area contributed by atoms with E-state index in [0.717, 1.165) is 0 Å². The second-order valence-corrected chi connectivity index (χ2v) is 3.97. The van der Waals surface area contributed by atoms with E-state index >= 15 is 0 Å². The summed E-state index contributed by atoms with van der Waals surface area (Å²) in [5.74, 6) is 0.0886. The van der Waals surface area contributed by atoms with Crippen molar-refractivity contribution in [1.82, 2.24) is 9.78 Å². The Morgan fingerprint density at radius 2 is 2.18 bits per heavy atom. The highest BCUT2D eigenvalue weighted by Gasteiger charge is 2.09. The van der Waals surface area contributed by atoms with Crippen LogP contribution in [-0.4, -0.2) is 22.3 Å². The number of carbonyl (C=O) groups is 1. The average Bonchev–Trinajstić information content (AvgIpc) is 2.84. The van der Waals surface area contributed by atoms with Crippen LogP contribution in [0.5, 0.6) is 5.75 Å². The molecule has 2 rings (SSSR count). The van der Waals surface area contributed by atoms with Gasteiger partial charge in [0.2, 0.25) is 0 Å². The van der Waals surface area contributed by atoms with E-state index in [-0.39, 0.29) is 12.5 Å². The van der Waals surface area contributed by atoms with Gasteiger partial charge in [0.15, 0.2) is 6.61 Å². The van der Waals surface area contributed by atoms with Crippen LogP contribution in [0.1, 0.15) is 4.79 Å². The van der Waals surface area contributed by atoms with Crippen LogP contribution in [0.2, 0.25) is 10.0 Å². The Bertz CT molecular complexity index is 526. The second-order valence-electron chi connectivity index (χ2n) is 3.18. The first-order valence-corrected chi connectivity index (χ1v) is 5.54. The van der Waals surface area contributed by atoms with Crippen molar-refractivity contribution in [1.29, 1.82) is 0 Å². The van der Waals surface area contributed by atoms with Gasteiger partial charge in [-0.3, -0.25) is 4.79 Å². The van der Waals surface area contributed by atoms with Crippen molar-refractivity contribution in [2.45, 2.75) is 0 Å². The van der Waals surface area contributed by atoms with E-state index in [9.17, 15) is 4.79 Å². The lowest BCUT2D eigenvalue weighted by molar-refractivity contribution is 0.0821. The zero-order valence-electron chi connectivity index (χ0n) is 8.64. The van der Waals surface area contributed by atoms with E-state index in [4.69, 9.17) is 27.9 Å². The molecular formula is C11H8Cl2N2O2. The highest BCUT2D eigenvalue weighted by Crippen LogP contribution is 2.31. The van der Waals surface area contributed by atoms with Crippen LogP contribution in [0.4, 0.5) is 0 Å². The summed E-state index contributed by atoms with van der Waals surface area (Å²) in [5.41, 5.74) is 0. The monoisotopic (exact) mass is 270 g/mol. The Morgan fingerprint density at radius 1 is 1.35 bits per heavy atom. The predicted octanol–water partition coefficient (Wildman–Crippen LogP) is 2.91. The Kier molecular flexibility index (Phi) is 3.66. The molecule has 2 aromatic rings. The highest BCUT2D eigenvalue weighted by molar-refractivity contribution is 6.42. The number of carbonyl (C=O) groups excluding carboxylic acids is 1. The highest BCUT2D eigenvalue weighted by atomic mass is 35.5. The van der Waals surface area contributed by atoms with E-state index in [1.165, 1.54) is 10.9 Å². The standard InChI is InChI=1S/C11H8Cl2N2O2/c12-8-3-1-4-9(11(8)13)17-7-10(16)15-6-2-5-14-15/h1-6H,7H2. The van der Waals surface area contributed by atoms with Gasteiger partial charge < -0.3 is 4.74 Å². The molecule has 0 fully saturated rings. The van der Waals surface area contributed by atoms with Crippen molar-refractivity contribution in [2.24, 2.45) is 0 Å². The van der Waals surface area contributed by atoms with Gasteiger partial charge in [-0.15, -0.1) is 0 Å². The molecule has 17 heavy (non-hydrogen) atoms. The van der Waals surface area contributed by atoms with Gasteiger partial charge in [-0.25, -0.2) is 4.68 Å². The smallest absolute Gasteiger partial charge is 0.284 e. The number of ether oxygens (including phenoxy) is 1. The summed E-state index contributed by atoms with van der Waals surface area (Å²) in [6.07, 6.45) is 3.07. The van der Waals surface area contributed by atoms with Gasteiger partial charge in [0.05, 0.1) is 5.02 Å². The minimum absolute atomic E-state index is 0.151. The summed E-state index contributed by atoms with van der Waals surface area (Å²) in [6, 6.07) is 6.64. The van der Waals surface area contributed by atoms with Crippen LogP contribution < -0.4 is 4.74 Å². The van der Waals surface area contributed by atoms with Crippen LogP contribution in [0.3, 0.4) is 0 Å². The van der Waals surface area contributed by atoms with E-state index < -0.39 is 0 Å². The maximum absolute atomic E-state index is 11.6. The molecule has 0 amide bonds. The van der Waals surface area contributed by atoms with E-state index in [0.29, 0.717) is 15.8 Å². The van der Waals surface area contributed by atoms with Crippen LogP contribution in [0, 0.1) is 0 Å². The first kappa shape index (κ1) is 12.0. The Balaban J connectivity index is 2.03. The quantitative estimate of drug-likeness (QED) is 0.862. The van der Waals surface area contributed by atoms with E-state index in [2.05, 4.69) is 5.10 Å². The minimum Gasteiger partial charge on any atom is -0.482 e. The third-order valence-electron chi connectivity index (χ3n) is 2.03. The second kappa shape index (κ2) is 5.21. The molecule has 0 N–H and O–H groups in total. The third-order valence-corrected chi connectivity index (χ3v) is 2.83. The summed E-state index contributed by atoms with van der Waals surface area (Å²) < 4.78 is 6.47. The summed E-state index contributed by atoms with van der Waals surface area (Å²) >= 11 is 11.7. The van der Waals surface area contributed by atoms with Crippen molar-refractivity contribution < 1.29 is 9.53 Å². The number of nitrogens with zero attached hydrogens (tertiary/aromatic N) is 2. The summed E-state index contributed by atoms with van der Waals surface area (Å²) in [7, 11) is 0. The Morgan fingerprint density at radius 3 is 2.88 bits per heavy atom. The van der Waals surface area contributed by atoms with Gasteiger partial charge in [-0.1, -0.05) is 29.3 Å². The number of rotatable bonds is 3. The molecule has 4 nitrogen and oxygen atoms in total. The average molecular weight is 271 g/mol. The lowest BCUT2D eigenvalue weighted by atomic mass is 10.3. The van der Waals surface area contributed by atoms with Crippen molar-refractivity contribution in [3.8, 4) is 5.75 Å². The van der Waals surface area contributed by atoms with Gasteiger partial charge >= 0.3 is 0 Å². The summed E-state index contributed by atoms with van der Waals surface area (Å²) in [6.45, 7) is -0.151. The molecule has 0 spiro atoms. The molecule has 0 aliphatic heterocycles. The fourth-order valence-corrected chi connectivity index (χ4v) is 1.56. The third kappa shape index (κ3) is 2.78. The molecule has 0 unspecified atom stereocenters. The van der Waals surface area contributed by atoms with Gasteiger partial charge in [-0.05, 0) is 18.2 Å². The maximum atomic E-state index is 11.6. The molecule has 88 valence electrons. The van der Waals surface area contributed by atoms with Crippen molar-refractivity contribution in [3.05, 3.63) is 46.7 Å². The van der Waals surface area contributed by atoms with Crippen LogP contribution >= 0.6 is 23.2 Å². The van der Waals surface area contributed by atoms with E-state index in [1.54, 1.807) is 30.5 Å². The van der Waals surface area contributed by atoms with Crippen LogP contribution in [0.25, 0.3) is 0 Å². The zero-order valence-corrected chi connectivity index (χ0v) is 10.1. The molecule has 0 saturated carbocycles. The Labute approximate surface area is 108 Å². The fraction of sp³-hybridized carbons (Fsp3) is 0.0909. The van der Waals surface area contributed by atoms with Gasteiger partial charge in [0, 0.05) is 12.4 Å². The number of halogens is 2. The van der Waals surface area contributed by atoms with Crippen molar-refractivity contribution >= 4 is 29.1 Å². The molecule has 6 heteroatoms. The molecule has 0 aliphatic rings. The first-order valence-electron chi connectivity index (χ1n) is 4.78. The molecular weight excluding hydrogens is 263 g/mol. The summed E-state index contributed by atoms with van der Waals surface area (Å²) in [5, 5.41) is 4.48. The zero-order chi connectivity index (χ0) is 12.3. The molecule has 1 aromatic carbocycles. The largest absolute Gasteiger partial charge is 0.482 e. The van der Waals surface area contributed by atoms with Crippen molar-refractivity contribution in [2.75, 3.05) is 6.61 Å². The fourth-order valence-electron chi connectivity index (χ4n) is 1.22. The normalized spacial score (nSPS) is 10.2. The molecule has 0 bridgehead atoms. The lowest BCUT2D eigenvalue weighted by Gasteiger charge is -2.07. The number of hydrogen-bond acceptors (Lipinski definition) is 3. The molecule has 1 aromatic heterocycles. The predicted molar refractivity (Wildman–Crippen MR) is 64.8 cm³/mol. The van der Waals surface area contributed by atoms with Gasteiger partial charge in [0.1, 0.15) is 10.8 Å². The van der Waals surface area contributed by atoms with Crippen molar-refractivity contribution in [3.63, 3.8) is 0 Å². The van der Waals surface area contributed by atoms with E-state index in [1.807, 2.05) is 0 Å². The molecule has 0 aliphatic carbocycles. The van der Waals surface area contributed by atoms with Crippen LogP contribution in [0.15, 0.2) is 36.7 Å². The van der Waals surface area contributed by atoms with Gasteiger partial charge in [0.25, 0.3) is 5.91 Å². The SMILES string of the molecule is O=C(COc1cccc(Cl)c1Cl)n1cccn1. The molecule has 0 radical (unpaired) electrons. The molecule has 1 heterocycles. The van der Waals surface area contributed by atoms with Gasteiger partial charge in [-0.2, -0.15) is 5.10 Å². The minimum atomic E-state index is -0.286. The number of benzene rings is 1. The number of hydrogen-bond donors (Lipinski definition) is 0.